The molecule has 1 aliphatic heterocycles. The summed E-state index contributed by atoms with van der Waals surface area (Å²) in [4.78, 5) is 27.7. The van der Waals surface area contributed by atoms with Gasteiger partial charge in [0, 0.05) is 41.9 Å². The lowest BCUT2D eigenvalue weighted by Gasteiger charge is -2.19. The number of nitrogens with zero attached hydrogens (tertiary/aromatic N) is 4. The Labute approximate surface area is 182 Å². The van der Waals surface area contributed by atoms with Gasteiger partial charge in [-0.1, -0.05) is 12.1 Å². The molecule has 0 unspecified atom stereocenters. The summed E-state index contributed by atoms with van der Waals surface area (Å²) in [6.45, 7) is 0.512. The summed E-state index contributed by atoms with van der Waals surface area (Å²) in [7, 11) is 1.48. The molecule has 0 saturated carbocycles. The van der Waals surface area contributed by atoms with E-state index in [1.807, 2.05) is 6.07 Å². The molecule has 0 spiro atoms. The van der Waals surface area contributed by atoms with Crippen LogP contribution in [0.4, 0.5) is 14.6 Å². The first-order chi connectivity index (χ1) is 15.6. The highest BCUT2D eigenvalue weighted by Crippen LogP contribution is 2.38. The smallest absolute Gasteiger partial charge is 0.228 e. The number of halogens is 2. The van der Waals surface area contributed by atoms with E-state index in [0.29, 0.717) is 58.8 Å². The fourth-order valence-corrected chi connectivity index (χ4v) is 3.92. The van der Waals surface area contributed by atoms with E-state index in [2.05, 4.69) is 15.0 Å². The molecule has 0 N–H and O–H groups in total. The molecule has 4 aromatic rings. The Bertz CT molecular complexity index is 1350. The van der Waals surface area contributed by atoms with Gasteiger partial charge in [0.2, 0.25) is 5.91 Å². The molecule has 160 valence electrons. The van der Waals surface area contributed by atoms with Crippen molar-refractivity contribution in [2.45, 2.75) is 12.8 Å². The first-order valence-corrected chi connectivity index (χ1v) is 10.1. The second kappa shape index (κ2) is 7.96. The summed E-state index contributed by atoms with van der Waals surface area (Å²) in [6, 6.07) is 10.9. The van der Waals surface area contributed by atoms with E-state index in [1.54, 1.807) is 35.5 Å². The molecular formula is C24H18F2N4O2. The molecule has 2 aromatic carbocycles. The van der Waals surface area contributed by atoms with E-state index < -0.39 is 11.6 Å². The number of benzene rings is 2. The molecule has 6 nitrogen and oxygen atoms in total. The Morgan fingerprint density at radius 3 is 2.66 bits per heavy atom. The summed E-state index contributed by atoms with van der Waals surface area (Å²) in [5.74, 6) is -0.790. The van der Waals surface area contributed by atoms with Crippen LogP contribution in [0.25, 0.3) is 33.4 Å². The van der Waals surface area contributed by atoms with Gasteiger partial charge < -0.3 is 4.74 Å². The zero-order chi connectivity index (χ0) is 22.2. The van der Waals surface area contributed by atoms with E-state index in [0.717, 1.165) is 6.07 Å². The minimum Gasteiger partial charge on any atom is -0.494 e. The summed E-state index contributed by atoms with van der Waals surface area (Å²) in [5, 5.41) is 0.519. The molecule has 3 heterocycles. The number of anilines is 1. The Morgan fingerprint density at radius 2 is 1.94 bits per heavy atom. The minimum absolute atomic E-state index is 0.0524. The standard InChI is InChI=1S/C24H18F2N4O2/c1-32-19-12-15(16-6-2-7-18(25)21(16)26)11-17-22(19)28-23(14-5-3-9-27-13-14)29-24(17)30-10-4-8-20(30)31/h2-3,5-7,9,11-13H,4,8,10H2,1H3. The Morgan fingerprint density at radius 1 is 1.06 bits per heavy atom. The predicted octanol–water partition coefficient (Wildman–Crippen LogP) is 4.77. The number of hydrogen-bond acceptors (Lipinski definition) is 5. The number of aromatic nitrogens is 3. The molecule has 32 heavy (non-hydrogen) atoms. The summed E-state index contributed by atoms with van der Waals surface area (Å²) < 4.78 is 34.0. The lowest BCUT2D eigenvalue weighted by molar-refractivity contribution is -0.117. The van der Waals surface area contributed by atoms with E-state index in [4.69, 9.17) is 4.74 Å². The molecule has 0 radical (unpaired) electrons. The second-order valence-electron chi connectivity index (χ2n) is 7.44. The average molecular weight is 432 g/mol. The van der Waals surface area contributed by atoms with E-state index >= 15 is 0 Å². The topological polar surface area (TPSA) is 68.2 Å². The molecule has 1 saturated heterocycles. The van der Waals surface area contributed by atoms with E-state index in [1.165, 1.54) is 19.2 Å². The van der Waals surface area contributed by atoms with Crippen molar-refractivity contribution in [3.8, 4) is 28.3 Å². The summed E-state index contributed by atoms with van der Waals surface area (Å²) in [5.41, 5.74) is 1.64. The zero-order valence-corrected chi connectivity index (χ0v) is 17.2. The number of ether oxygens (including phenoxy) is 1. The van der Waals surface area contributed by atoms with Crippen molar-refractivity contribution >= 4 is 22.6 Å². The fourth-order valence-electron chi connectivity index (χ4n) is 3.92. The number of hydrogen-bond donors (Lipinski definition) is 0. The van der Waals surface area contributed by atoms with Gasteiger partial charge in [-0.3, -0.25) is 14.7 Å². The number of carbonyl (C=O) groups excluding carboxylic acids is 1. The Kier molecular flexibility index (Phi) is 4.97. The normalized spacial score (nSPS) is 13.7. The van der Waals surface area contributed by atoms with Crippen LogP contribution in [0.1, 0.15) is 12.8 Å². The van der Waals surface area contributed by atoms with Crippen LogP contribution < -0.4 is 9.64 Å². The maximum absolute atomic E-state index is 14.6. The van der Waals surface area contributed by atoms with Gasteiger partial charge in [-0.2, -0.15) is 0 Å². The van der Waals surface area contributed by atoms with Crippen molar-refractivity contribution in [3.05, 3.63) is 66.5 Å². The monoisotopic (exact) mass is 432 g/mol. The SMILES string of the molecule is COc1cc(-c2cccc(F)c2F)cc2c(N3CCCC3=O)nc(-c3cccnc3)nc12. The molecule has 0 aliphatic carbocycles. The lowest BCUT2D eigenvalue weighted by atomic mass is 10.0. The number of carbonyl (C=O) groups is 1. The van der Waals surface area contributed by atoms with Crippen molar-refractivity contribution in [2.24, 2.45) is 0 Å². The van der Waals surface area contributed by atoms with Crippen LogP contribution in [-0.2, 0) is 4.79 Å². The molecule has 8 heteroatoms. The van der Waals surface area contributed by atoms with Crippen LogP contribution >= 0.6 is 0 Å². The molecule has 0 bridgehead atoms. The Balaban J connectivity index is 1.82. The van der Waals surface area contributed by atoms with Crippen molar-refractivity contribution in [1.29, 1.82) is 0 Å². The van der Waals surface area contributed by atoms with E-state index in [-0.39, 0.29) is 11.5 Å². The van der Waals surface area contributed by atoms with Gasteiger partial charge in [0.25, 0.3) is 0 Å². The first kappa shape index (κ1) is 20.0. The van der Waals surface area contributed by atoms with Gasteiger partial charge in [-0.05, 0) is 42.3 Å². The van der Waals surface area contributed by atoms with Crippen LogP contribution in [0.5, 0.6) is 5.75 Å². The van der Waals surface area contributed by atoms with Gasteiger partial charge in [0.05, 0.1) is 7.11 Å². The minimum atomic E-state index is -0.958. The van der Waals surface area contributed by atoms with Crippen molar-refractivity contribution in [3.63, 3.8) is 0 Å². The van der Waals surface area contributed by atoms with Gasteiger partial charge in [0.1, 0.15) is 17.1 Å². The third-order valence-corrected chi connectivity index (χ3v) is 5.48. The average Bonchev–Trinajstić information content (AvgIpc) is 3.25. The first-order valence-electron chi connectivity index (χ1n) is 10.1. The van der Waals surface area contributed by atoms with Crippen LogP contribution in [0.3, 0.4) is 0 Å². The quantitative estimate of drug-likeness (QED) is 0.465. The molecule has 1 fully saturated rings. The largest absolute Gasteiger partial charge is 0.494 e. The third-order valence-electron chi connectivity index (χ3n) is 5.48. The van der Waals surface area contributed by atoms with Crippen LogP contribution in [0.2, 0.25) is 0 Å². The third kappa shape index (κ3) is 3.33. The van der Waals surface area contributed by atoms with Crippen molar-refractivity contribution in [2.75, 3.05) is 18.6 Å². The number of amides is 1. The number of pyridine rings is 1. The van der Waals surface area contributed by atoms with Gasteiger partial charge in [-0.15, -0.1) is 0 Å². The summed E-state index contributed by atoms with van der Waals surface area (Å²) in [6.07, 6.45) is 4.42. The van der Waals surface area contributed by atoms with Gasteiger partial charge in [-0.25, -0.2) is 18.7 Å². The van der Waals surface area contributed by atoms with Crippen molar-refractivity contribution < 1.29 is 18.3 Å². The molecule has 1 aliphatic rings. The number of methoxy groups -OCH3 is 1. The van der Waals surface area contributed by atoms with Gasteiger partial charge >= 0.3 is 0 Å². The Hall–Kier alpha value is -3.94. The maximum atomic E-state index is 14.6. The second-order valence-corrected chi connectivity index (χ2v) is 7.44. The van der Waals surface area contributed by atoms with Crippen LogP contribution in [0.15, 0.2) is 54.9 Å². The predicted molar refractivity (Wildman–Crippen MR) is 116 cm³/mol. The van der Waals surface area contributed by atoms with Crippen LogP contribution in [0, 0.1) is 11.6 Å². The van der Waals surface area contributed by atoms with Gasteiger partial charge in [0.15, 0.2) is 17.5 Å². The molecule has 5 rings (SSSR count). The highest BCUT2D eigenvalue weighted by molar-refractivity contribution is 6.05. The molecular weight excluding hydrogens is 414 g/mol. The highest BCUT2D eigenvalue weighted by atomic mass is 19.2. The maximum Gasteiger partial charge on any atom is 0.228 e. The fraction of sp³-hybridized carbons (Fsp3) is 0.167. The van der Waals surface area contributed by atoms with Crippen LogP contribution in [-0.4, -0.2) is 34.5 Å². The molecule has 0 atom stereocenters. The molecule has 1 amide bonds. The lowest BCUT2D eigenvalue weighted by Crippen LogP contribution is -2.25. The van der Waals surface area contributed by atoms with E-state index in [9.17, 15) is 13.6 Å². The number of rotatable bonds is 4. The molecule has 2 aromatic heterocycles. The van der Waals surface area contributed by atoms with Crippen molar-refractivity contribution in [1.82, 2.24) is 15.0 Å². The summed E-state index contributed by atoms with van der Waals surface area (Å²) >= 11 is 0. The zero-order valence-electron chi connectivity index (χ0n) is 17.2. The number of fused-ring (bicyclic) bond motifs is 1. The highest BCUT2D eigenvalue weighted by Gasteiger charge is 2.27.